The van der Waals surface area contributed by atoms with Crippen LogP contribution in [0.4, 0.5) is 8.78 Å². The lowest BCUT2D eigenvalue weighted by atomic mass is 9.98. The third kappa shape index (κ3) is 3.75. The zero-order chi connectivity index (χ0) is 17.7. The highest BCUT2D eigenvalue weighted by Crippen LogP contribution is 2.28. The maximum absolute atomic E-state index is 14.2. The summed E-state index contributed by atoms with van der Waals surface area (Å²) in [6.07, 6.45) is 0. The molecule has 24 heavy (non-hydrogen) atoms. The highest BCUT2D eigenvalue weighted by atomic mass is 19.1. The molecule has 0 bridgehead atoms. The number of esters is 1. The van der Waals surface area contributed by atoms with E-state index in [2.05, 4.69) is 10.1 Å². The molecule has 5 nitrogen and oxygen atoms in total. The lowest BCUT2D eigenvalue weighted by Gasteiger charge is -2.11. The minimum absolute atomic E-state index is 0.0987. The summed E-state index contributed by atoms with van der Waals surface area (Å²) in [5.74, 6) is -2.88. The molecule has 0 fully saturated rings. The first-order chi connectivity index (χ1) is 11.5. The van der Waals surface area contributed by atoms with Crippen molar-refractivity contribution in [3.8, 4) is 11.1 Å². The largest absolute Gasteiger partial charge is 0.465 e. The molecule has 0 spiro atoms. The van der Waals surface area contributed by atoms with Gasteiger partial charge in [0.25, 0.3) is 0 Å². The van der Waals surface area contributed by atoms with E-state index in [1.165, 1.54) is 24.3 Å². The third-order valence-electron chi connectivity index (χ3n) is 3.39. The summed E-state index contributed by atoms with van der Waals surface area (Å²) in [5, 5.41) is 11.0. The number of amides is 1. The number of carbonyl (C=O) groups excluding carboxylic acids is 2. The number of hydrogen-bond acceptors (Lipinski definition) is 4. The van der Waals surface area contributed by atoms with Crippen LogP contribution in [-0.2, 0) is 16.1 Å². The predicted molar refractivity (Wildman–Crippen MR) is 82.1 cm³/mol. The maximum Gasteiger partial charge on any atom is 0.341 e. The fourth-order valence-electron chi connectivity index (χ4n) is 2.18. The summed E-state index contributed by atoms with van der Waals surface area (Å²) in [7, 11) is 1.13. The van der Waals surface area contributed by atoms with E-state index >= 15 is 0 Å². The first kappa shape index (κ1) is 17.6. The highest BCUT2D eigenvalue weighted by Gasteiger charge is 2.19. The number of aliphatic hydroxyl groups is 1. The van der Waals surface area contributed by atoms with E-state index in [9.17, 15) is 18.4 Å². The quantitative estimate of drug-likeness (QED) is 0.820. The standard InChI is InChI=1S/C17H15F2NO4/c1-24-17(23)16-12(3-2-4-13(16)18)10-5-6-11(14(19)7-10)8-20-15(22)9-21/h2-7,21H,8-9H2,1H3,(H,20,22). The van der Waals surface area contributed by atoms with Crippen molar-refractivity contribution in [2.75, 3.05) is 13.7 Å². The second-order valence-electron chi connectivity index (χ2n) is 4.90. The first-order valence-electron chi connectivity index (χ1n) is 7.01. The van der Waals surface area contributed by atoms with Crippen LogP contribution in [0.5, 0.6) is 0 Å². The zero-order valence-corrected chi connectivity index (χ0v) is 12.8. The van der Waals surface area contributed by atoms with Gasteiger partial charge in [-0.05, 0) is 23.3 Å². The Bertz CT molecular complexity index is 777. The van der Waals surface area contributed by atoms with Crippen molar-refractivity contribution in [3.63, 3.8) is 0 Å². The summed E-state index contributed by atoms with van der Waals surface area (Å²) in [5.41, 5.74) is 0.411. The number of hydrogen-bond donors (Lipinski definition) is 2. The molecular formula is C17H15F2NO4. The van der Waals surface area contributed by atoms with E-state index < -0.39 is 30.1 Å². The summed E-state index contributed by atoms with van der Waals surface area (Å²) < 4.78 is 32.7. The van der Waals surface area contributed by atoms with Gasteiger partial charge in [-0.1, -0.05) is 24.3 Å². The number of halogens is 2. The monoisotopic (exact) mass is 335 g/mol. The number of nitrogens with one attached hydrogen (secondary N) is 1. The molecule has 0 aliphatic carbocycles. The van der Waals surface area contributed by atoms with Crippen LogP contribution in [0.1, 0.15) is 15.9 Å². The smallest absolute Gasteiger partial charge is 0.341 e. The normalized spacial score (nSPS) is 10.3. The molecule has 0 saturated heterocycles. The van der Waals surface area contributed by atoms with Crippen LogP contribution in [-0.4, -0.2) is 30.7 Å². The van der Waals surface area contributed by atoms with E-state index in [1.807, 2.05) is 0 Å². The topological polar surface area (TPSA) is 75.6 Å². The minimum Gasteiger partial charge on any atom is -0.465 e. The SMILES string of the molecule is COC(=O)c1c(F)cccc1-c1ccc(CNC(=O)CO)c(F)c1. The van der Waals surface area contributed by atoms with E-state index in [0.29, 0.717) is 5.56 Å². The summed E-state index contributed by atoms with van der Waals surface area (Å²) in [4.78, 5) is 22.8. The summed E-state index contributed by atoms with van der Waals surface area (Å²) in [6, 6.07) is 8.06. The van der Waals surface area contributed by atoms with Crippen LogP contribution in [0, 0.1) is 11.6 Å². The summed E-state index contributed by atoms with van der Waals surface area (Å²) >= 11 is 0. The van der Waals surface area contributed by atoms with Gasteiger partial charge in [-0.2, -0.15) is 0 Å². The van der Waals surface area contributed by atoms with Crippen LogP contribution in [0.3, 0.4) is 0 Å². The van der Waals surface area contributed by atoms with Gasteiger partial charge < -0.3 is 15.2 Å². The Morgan fingerprint density at radius 3 is 2.54 bits per heavy atom. The Labute approximate surface area is 136 Å². The van der Waals surface area contributed by atoms with Gasteiger partial charge in [-0.15, -0.1) is 0 Å². The van der Waals surface area contributed by atoms with Gasteiger partial charge >= 0.3 is 5.97 Å². The fourth-order valence-corrected chi connectivity index (χ4v) is 2.18. The molecular weight excluding hydrogens is 320 g/mol. The Balaban J connectivity index is 2.38. The van der Waals surface area contributed by atoms with Crippen molar-refractivity contribution in [1.82, 2.24) is 5.32 Å². The first-order valence-corrected chi connectivity index (χ1v) is 7.01. The van der Waals surface area contributed by atoms with Gasteiger partial charge in [-0.25, -0.2) is 13.6 Å². The van der Waals surface area contributed by atoms with Crippen molar-refractivity contribution in [3.05, 3.63) is 59.2 Å². The summed E-state index contributed by atoms with van der Waals surface area (Å²) in [6.45, 7) is -0.788. The number of rotatable bonds is 5. The molecule has 0 unspecified atom stereocenters. The van der Waals surface area contributed by atoms with E-state index in [-0.39, 0.29) is 23.2 Å². The highest BCUT2D eigenvalue weighted by molar-refractivity contribution is 5.97. The molecule has 0 aliphatic heterocycles. The second kappa shape index (κ2) is 7.65. The third-order valence-corrected chi connectivity index (χ3v) is 3.39. The average molecular weight is 335 g/mol. The molecule has 0 aliphatic rings. The Kier molecular flexibility index (Phi) is 5.59. The molecule has 0 atom stereocenters. The van der Waals surface area contributed by atoms with Gasteiger partial charge in [0.15, 0.2) is 0 Å². The lowest BCUT2D eigenvalue weighted by Crippen LogP contribution is -2.25. The zero-order valence-electron chi connectivity index (χ0n) is 12.8. The van der Waals surface area contributed by atoms with E-state index in [1.54, 1.807) is 0 Å². The van der Waals surface area contributed by atoms with Crippen LogP contribution < -0.4 is 5.32 Å². The lowest BCUT2D eigenvalue weighted by molar-refractivity contribution is -0.123. The molecule has 0 saturated carbocycles. The van der Waals surface area contributed by atoms with Crippen LogP contribution >= 0.6 is 0 Å². The van der Waals surface area contributed by atoms with Crippen molar-refractivity contribution < 1.29 is 28.2 Å². The molecule has 2 aromatic rings. The van der Waals surface area contributed by atoms with E-state index in [4.69, 9.17) is 5.11 Å². The molecule has 0 heterocycles. The molecule has 2 rings (SSSR count). The molecule has 2 N–H and O–H groups in total. The molecule has 1 amide bonds. The van der Waals surface area contributed by atoms with Crippen LogP contribution in [0.15, 0.2) is 36.4 Å². The Morgan fingerprint density at radius 1 is 1.17 bits per heavy atom. The number of aliphatic hydroxyl groups excluding tert-OH is 1. The van der Waals surface area contributed by atoms with Crippen LogP contribution in [0.25, 0.3) is 11.1 Å². The van der Waals surface area contributed by atoms with E-state index in [0.717, 1.165) is 19.2 Å². The predicted octanol–water partition coefficient (Wildman–Crippen LogP) is 2.03. The molecule has 7 heteroatoms. The van der Waals surface area contributed by atoms with Gasteiger partial charge in [0.05, 0.1) is 7.11 Å². The Morgan fingerprint density at radius 2 is 1.92 bits per heavy atom. The Hall–Kier alpha value is -2.80. The van der Waals surface area contributed by atoms with Gasteiger partial charge in [0.1, 0.15) is 23.8 Å². The number of benzene rings is 2. The molecule has 2 aromatic carbocycles. The average Bonchev–Trinajstić information content (AvgIpc) is 2.59. The molecule has 126 valence electrons. The van der Waals surface area contributed by atoms with Crippen molar-refractivity contribution in [2.45, 2.75) is 6.54 Å². The minimum atomic E-state index is -0.859. The number of ether oxygens (including phenoxy) is 1. The molecule has 0 radical (unpaired) electrons. The number of methoxy groups -OCH3 is 1. The maximum atomic E-state index is 14.2. The van der Waals surface area contributed by atoms with Gasteiger partial charge in [0, 0.05) is 12.1 Å². The van der Waals surface area contributed by atoms with Crippen molar-refractivity contribution >= 4 is 11.9 Å². The molecule has 0 aromatic heterocycles. The van der Waals surface area contributed by atoms with Crippen molar-refractivity contribution in [2.24, 2.45) is 0 Å². The fraction of sp³-hybridized carbons (Fsp3) is 0.176. The van der Waals surface area contributed by atoms with Gasteiger partial charge in [-0.3, -0.25) is 4.79 Å². The van der Waals surface area contributed by atoms with Gasteiger partial charge in [0.2, 0.25) is 5.91 Å². The number of carbonyl (C=O) groups is 2. The second-order valence-corrected chi connectivity index (χ2v) is 4.90. The van der Waals surface area contributed by atoms with Crippen LogP contribution in [0.2, 0.25) is 0 Å². The van der Waals surface area contributed by atoms with Crippen molar-refractivity contribution in [1.29, 1.82) is 0 Å².